The van der Waals surface area contributed by atoms with Crippen molar-refractivity contribution >= 4 is 11.9 Å². The van der Waals surface area contributed by atoms with Gasteiger partial charge in [0.25, 0.3) is 1.43 Å². The van der Waals surface area contributed by atoms with Crippen LogP contribution >= 0.6 is 0 Å². The fraction of sp³-hybridized carbons (Fsp3) is 0.300. The Hall–Kier alpha value is -1.91. The van der Waals surface area contributed by atoms with Crippen LogP contribution in [0.25, 0.3) is 1.43 Å². The number of rotatable bonds is 5. The second-order valence-electron chi connectivity index (χ2n) is 2.85. The maximum Gasteiger partial charge on any atom is 0.370 e. The van der Waals surface area contributed by atoms with E-state index in [4.69, 9.17) is 9.28 Å². The van der Waals surface area contributed by atoms with Gasteiger partial charge in [-0.25, -0.2) is 4.79 Å². The van der Waals surface area contributed by atoms with Gasteiger partial charge in [0.05, 0.1) is 6.42 Å². The number of pyridine rings is 1. The average molecular weight is 213 g/mol. The van der Waals surface area contributed by atoms with Gasteiger partial charge < -0.3 is 10.2 Å². The normalized spacial score (nSPS) is 13.5. The Morgan fingerprint density at radius 1 is 1.47 bits per heavy atom. The van der Waals surface area contributed by atoms with Crippen LogP contribution in [0.15, 0.2) is 24.4 Å². The van der Waals surface area contributed by atoms with Crippen LogP contribution in [-0.4, -0.2) is 22.2 Å². The number of carboxylic acids is 2. The summed E-state index contributed by atoms with van der Waals surface area (Å²) in [6.07, 6.45) is 1.19. The third-order valence-electron chi connectivity index (χ3n) is 1.75. The Balaban J connectivity index is 3.08. The number of aliphatic carboxylic acids is 2. The van der Waals surface area contributed by atoms with Crippen molar-refractivity contribution in [1.29, 1.82) is 1.43 Å². The van der Waals surface area contributed by atoms with Gasteiger partial charge in [-0.15, -0.1) is 0 Å². The molecule has 80 valence electrons. The second-order valence-corrected chi connectivity index (χ2v) is 2.85. The minimum Gasteiger partial charge on any atom is -0.481 e. The van der Waals surface area contributed by atoms with E-state index in [2.05, 4.69) is 5.11 Å². The van der Waals surface area contributed by atoms with Crippen molar-refractivity contribution in [3.8, 4) is 0 Å². The van der Waals surface area contributed by atoms with Crippen molar-refractivity contribution in [3.05, 3.63) is 30.1 Å². The van der Waals surface area contributed by atoms with Crippen molar-refractivity contribution in [3.63, 3.8) is 0 Å². The van der Waals surface area contributed by atoms with Crippen LogP contribution < -0.4 is 4.57 Å². The van der Waals surface area contributed by atoms with Crippen LogP contribution in [0.3, 0.4) is 0 Å². The van der Waals surface area contributed by atoms with E-state index in [1.807, 2.05) is 0 Å². The lowest BCUT2D eigenvalue weighted by atomic mass is 10.2. The Morgan fingerprint density at radius 2 is 2.27 bits per heavy atom. The summed E-state index contributed by atoms with van der Waals surface area (Å²) in [5.74, 6) is -2.38. The fourth-order valence-electron chi connectivity index (χ4n) is 1.12. The highest BCUT2D eigenvalue weighted by Crippen LogP contribution is 1.97. The number of aromatic nitrogens is 1. The second kappa shape index (κ2) is 5.09. The summed E-state index contributed by atoms with van der Waals surface area (Å²) >= 11 is 0. The van der Waals surface area contributed by atoms with Crippen molar-refractivity contribution in [2.24, 2.45) is 0 Å². The molecular formula is C10H12NO4+. The lowest BCUT2D eigenvalue weighted by Gasteiger charge is -1.99. The topological polar surface area (TPSA) is 78.5 Å². The quantitative estimate of drug-likeness (QED) is 0.679. The van der Waals surface area contributed by atoms with Gasteiger partial charge in [-0.2, -0.15) is 4.57 Å². The molecule has 0 unspecified atom stereocenters. The van der Waals surface area contributed by atoms with Crippen LogP contribution in [0.1, 0.15) is 14.9 Å². The van der Waals surface area contributed by atoms with Gasteiger partial charge in [-0.3, -0.25) is 4.79 Å². The number of hydrogen-bond donors (Lipinski definition) is 2. The molecule has 15 heavy (non-hydrogen) atoms. The third-order valence-corrected chi connectivity index (χ3v) is 1.75. The van der Waals surface area contributed by atoms with Gasteiger partial charge in [-0.05, 0) is 0 Å². The van der Waals surface area contributed by atoms with Crippen LogP contribution in [0, 0.1) is 0 Å². The van der Waals surface area contributed by atoms with Crippen molar-refractivity contribution in [2.45, 2.75) is 19.3 Å². The SMILES string of the molecule is [2H]OC(=O)C([2H])([2H])[n+]1ccccc1CCC(=O)O. The van der Waals surface area contributed by atoms with E-state index in [9.17, 15) is 9.59 Å². The molecule has 0 radical (unpaired) electrons. The number of hydrogen-bond acceptors (Lipinski definition) is 3. The molecule has 5 heteroatoms. The van der Waals surface area contributed by atoms with Crippen LogP contribution in [0.5, 0.6) is 0 Å². The molecule has 0 aliphatic carbocycles. The minimum absolute atomic E-state index is 0.0704. The summed E-state index contributed by atoms with van der Waals surface area (Å²) in [4.78, 5) is 21.7. The lowest BCUT2D eigenvalue weighted by molar-refractivity contribution is -0.693. The predicted molar refractivity (Wildman–Crippen MR) is 50.2 cm³/mol. The first kappa shape index (κ1) is 7.39. The molecule has 0 aliphatic heterocycles. The molecule has 1 aromatic heterocycles. The molecule has 0 bridgehead atoms. The first-order valence-electron chi connectivity index (χ1n) is 5.70. The van der Waals surface area contributed by atoms with Gasteiger partial charge in [0.2, 0.25) is 6.50 Å². The summed E-state index contributed by atoms with van der Waals surface area (Å²) in [6, 6.07) is 4.62. The molecule has 1 aromatic rings. The summed E-state index contributed by atoms with van der Waals surface area (Å²) in [5, 5.41) is 12.2. The van der Waals surface area contributed by atoms with E-state index in [-0.39, 0.29) is 12.8 Å². The molecular weight excluding hydrogens is 198 g/mol. The lowest BCUT2D eigenvalue weighted by Crippen LogP contribution is -2.41. The summed E-state index contributed by atoms with van der Waals surface area (Å²) < 4.78 is 22.6. The predicted octanol–water partition coefficient (Wildman–Crippen LogP) is 0.0759. The van der Waals surface area contributed by atoms with Gasteiger partial charge in [0, 0.05) is 18.6 Å². The maximum atomic E-state index is 11.2. The van der Waals surface area contributed by atoms with E-state index in [1.165, 1.54) is 18.3 Å². The van der Waals surface area contributed by atoms with Gasteiger partial charge in [0.1, 0.15) is 2.74 Å². The molecule has 0 aromatic carbocycles. The molecule has 0 aliphatic rings. The van der Waals surface area contributed by atoms with E-state index >= 15 is 0 Å². The molecule has 1 rings (SSSR count). The Bertz CT molecular complexity index is 464. The Kier molecular flexibility index (Phi) is 2.51. The van der Waals surface area contributed by atoms with Crippen molar-refractivity contribution in [1.82, 2.24) is 0 Å². The summed E-state index contributed by atoms with van der Waals surface area (Å²) in [5.41, 5.74) is 0.329. The highest BCUT2D eigenvalue weighted by Gasteiger charge is 2.14. The largest absolute Gasteiger partial charge is 0.481 e. The first-order valence-corrected chi connectivity index (χ1v) is 4.29. The highest BCUT2D eigenvalue weighted by molar-refractivity contribution is 5.67. The van der Waals surface area contributed by atoms with E-state index in [1.54, 1.807) is 6.07 Å². The molecule has 5 nitrogen and oxygen atoms in total. The first-order chi connectivity index (χ1) is 8.39. The minimum atomic E-state index is -2.54. The molecule has 0 saturated heterocycles. The molecule has 1 heterocycles. The van der Waals surface area contributed by atoms with Crippen LogP contribution in [0.2, 0.25) is 0 Å². The van der Waals surface area contributed by atoms with Crippen molar-refractivity contribution in [2.75, 3.05) is 0 Å². The number of aryl methyl sites for hydroxylation is 1. The zero-order chi connectivity index (χ0) is 13.8. The molecule has 0 fully saturated rings. The number of nitrogens with zero attached hydrogens (tertiary/aromatic N) is 1. The molecule has 0 atom stereocenters. The summed E-state index contributed by atoms with van der Waals surface area (Å²) in [6.45, 7) is -2.54. The average Bonchev–Trinajstić information content (AvgIpc) is 2.35. The molecule has 0 saturated carbocycles. The Labute approximate surface area is 90.9 Å². The zero-order valence-corrected chi connectivity index (χ0v) is 7.84. The van der Waals surface area contributed by atoms with E-state index in [0.29, 0.717) is 5.69 Å². The number of carbonyl (C=O) groups is 2. The monoisotopic (exact) mass is 213 g/mol. The summed E-state index contributed by atoms with van der Waals surface area (Å²) in [7, 11) is 0. The smallest absolute Gasteiger partial charge is 0.370 e. The molecule has 0 spiro atoms. The van der Waals surface area contributed by atoms with Crippen LogP contribution in [0.4, 0.5) is 0 Å². The molecule has 0 amide bonds. The third kappa shape index (κ3) is 3.76. The van der Waals surface area contributed by atoms with Gasteiger partial charge >= 0.3 is 11.9 Å². The molecule has 2 N–H and O–H groups in total. The van der Waals surface area contributed by atoms with Gasteiger partial charge in [-0.1, -0.05) is 6.07 Å². The van der Waals surface area contributed by atoms with E-state index < -0.39 is 18.4 Å². The zero-order valence-electron chi connectivity index (χ0n) is 10.8. The maximum absolute atomic E-state index is 11.2. The van der Waals surface area contributed by atoms with Crippen molar-refractivity contribution < 1.29 is 27.1 Å². The van der Waals surface area contributed by atoms with Gasteiger partial charge in [0.15, 0.2) is 11.9 Å². The standard InChI is InChI=1S/C10H11NO4/c12-9(13)5-4-8-3-1-2-6-11(8)7-10(14)15/h1-3,6H,4-5,7H2,(H-,12,13,14,15)/p+1/i7D2/hD. The van der Waals surface area contributed by atoms with Crippen LogP contribution in [-0.2, 0) is 22.5 Å². The van der Waals surface area contributed by atoms with E-state index in [0.717, 1.165) is 4.57 Å². The Morgan fingerprint density at radius 3 is 2.93 bits per heavy atom. The fourth-order valence-corrected chi connectivity index (χ4v) is 1.12. The highest BCUT2D eigenvalue weighted by atomic mass is 16.4. The number of carboxylic acid groups (broad SMARTS) is 2.